The van der Waals surface area contributed by atoms with Crippen molar-refractivity contribution in [3.8, 4) is 0 Å². The summed E-state index contributed by atoms with van der Waals surface area (Å²) < 4.78 is 27.9. The molecule has 0 spiro atoms. The summed E-state index contributed by atoms with van der Waals surface area (Å²) in [5, 5.41) is 2.93. The predicted octanol–water partition coefficient (Wildman–Crippen LogP) is 1.49. The van der Waals surface area contributed by atoms with Gasteiger partial charge in [0.2, 0.25) is 10.0 Å². The highest BCUT2D eigenvalue weighted by molar-refractivity contribution is 7.89. The normalized spacial score (nSPS) is 20.8. The number of hydrogen-bond acceptors (Lipinski definition) is 4. The molecule has 112 valence electrons. The van der Waals surface area contributed by atoms with Crippen LogP contribution in [0.3, 0.4) is 0 Å². The van der Waals surface area contributed by atoms with Crippen molar-refractivity contribution in [3.05, 3.63) is 24.3 Å². The zero-order chi connectivity index (χ0) is 14.6. The predicted molar refractivity (Wildman–Crippen MR) is 81.4 cm³/mol. The third-order valence-electron chi connectivity index (χ3n) is 3.72. The second kappa shape index (κ2) is 6.56. The van der Waals surface area contributed by atoms with Crippen LogP contribution in [0.4, 0.5) is 5.69 Å². The first kappa shape index (κ1) is 15.3. The lowest BCUT2D eigenvalue weighted by Crippen LogP contribution is -2.47. The van der Waals surface area contributed by atoms with E-state index in [1.807, 2.05) is 6.07 Å². The van der Waals surface area contributed by atoms with Gasteiger partial charge in [0.25, 0.3) is 0 Å². The van der Waals surface area contributed by atoms with Crippen molar-refractivity contribution in [1.82, 2.24) is 9.62 Å². The van der Waals surface area contributed by atoms with Crippen LogP contribution in [0.2, 0.25) is 0 Å². The van der Waals surface area contributed by atoms with E-state index in [0.717, 1.165) is 32.5 Å². The third-order valence-corrected chi connectivity index (χ3v) is 5.30. The van der Waals surface area contributed by atoms with Gasteiger partial charge in [-0.2, -0.15) is 0 Å². The second-order valence-electron chi connectivity index (χ2n) is 5.10. The van der Waals surface area contributed by atoms with Gasteiger partial charge < -0.3 is 10.2 Å². The molecule has 1 aromatic carbocycles. The summed E-state index contributed by atoms with van der Waals surface area (Å²) in [4.78, 5) is 2.59. The lowest BCUT2D eigenvalue weighted by Gasteiger charge is -2.32. The van der Waals surface area contributed by atoms with E-state index in [1.165, 1.54) is 0 Å². The first-order chi connectivity index (χ1) is 9.56. The van der Waals surface area contributed by atoms with Crippen LogP contribution in [0.1, 0.15) is 19.8 Å². The Kier molecular flexibility index (Phi) is 5.01. The van der Waals surface area contributed by atoms with Crippen LogP contribution in [0.25, 0.3) is 0 Å². The lowest BCUT2D eigenvalue weighted by molar-refractivity contribution is 0.211. The molecule has 1 aliphatic rings. The fourth-order valence-electron chi connectivity index (χ4n) is 2.63. The number of para-hydroxylation sites is 1. The van der Waals surface area contributed by atoms with E-state index in [0.29, 0.717) is 10.6 Å². The molecule has 6 heteroatoms. The zero-order valence-electron chi connectivity index (χ0n) is 12.1. The van der Waals surface area contributed by atoms with Crippen molar-refractivity contribution in [1.29, 1.82) is 0 Å². The van der Waals surface area contributed by atoms with E-state index in [1.54, 1.807) is 25.2 Å². The third kappa shape index (κ3) is 3.50. The molecule has 0 bridgehead atoms. The maximum Gasteiger partial charge on any atom is 0.242 e. The Labute approximate surface area is 121 Å². The molecule has 0 aliphatic carbocycles. The molecule has 1 atom stereocenters. The molecule has 0 amide bonds. The number of benzene rings is 1. The van der Waals surface area contributed by atoms with Gasteiger partial charge in [-0.15, -0.1) is 0 Å². The maximum atomic E-state index is 12.5. The van der Waals surface area contributed by atoms with E-state index < -0.39 is 10.0 Å². The van der Waals surface area contributed by atoms with E-state index in [9.17, 15) is 8.42 Å². The number of sulfonamides is 1. The molecule has 1 aromatic rings. The Hall–Kier alpha value is -1.11. The quantitative estimate of drug-likeness (QED) is 0.864. The van der Waals surface area contributed by atoms with Crippen LogP contribution in [0.5, 0.6) is 0 Å². The van der Waals surface area contributed by atoms with Crippen LogP contribution in [0.15, 0.2) is 29.2 Å². The molecule has 1 heterocycles. The summed E-state index contributed by atoms with van der Waals surface area (Å²) in [5.74, 6) is 0. The van der Waals surface area contributed by atoms with Crippen molar-refractivity contribution in [2.45, 2.75) is 30.7 Å². The molecule has 2 N–H and O–H groups in total. The Morgan fingerprint density at radius 2 is 2.10 bits per heavy atom. The molecule has 1 saturated heterocycles. The minimum absolute atomic E-state index is 0.00128. The molecular weight excluding hydrogens is 274 g/mol. The van der Waals surface area contributed by atoms with Crippen LogP contribution in [-0.2, 0) is 10.0 Å². The minimum Gasteiger partial charge on any atom is -0.387 e. The Balaban J connectivity index is 2.14. The van der Waals surface area contributed by atoms with Crippen molar-refractivity contribution >= 4 is 15.7 Å². The standard InChI is InChI=1S/C14H23N3O2S/c1-3-17-10-6-7-12(11-17)16-20(18,19)14-9-5-4-8-13(14)15-2/h4-5,8-9,12,15-16H,3,6-7,10-11H2,1-2H3. The van der Waals surface area contributed by atoms with Gasteiger partial charge in [0.1, 0.15) is 4.90 Å². The van der Waals surface area contributed by atoms with E-state index in [4.69, 9.17) is 0 Å². The highest BCUT2D eigenvalue weighted by Gasteiger charge is 2.25. The summed E-state index contributed by atoms with van der Waals surface area (Å²) in [6.07, 6.45) is 1.94. The van der Waals surface area contributed by atoms with Crippen molar-refractivity contribution in [2.24, 2.45) is 0 Å². The summed E-state index contributed by atoms with van der Waals surface area (Å²) in [6, 6.07) is 6.97. The van der Waals surface area contributed by atoms with Crippen LogP contribution in [-0.4, -0.2) is 46.0 Å². The van der Waals surface area contributed by atoms with Crippen LogP contribution < -0.4 is 10.0 Å². The number of likely N-dealkylation sites (tertiary alicyclic amines) is 1. The molecule has 20 heavy (non-hydrogen) atoms. The van der Waals surface area contributed by atoms with Gasteiger partial charge in [-0.3, -0.25) is 0 Å². The average Bonchev–Trinajstić information content (AvgIpc) is 2.47. The monoisotopic (exact) mass is 297 g/mol. The fraction of sp³-hybridized carbons (Fsp3) is 0.571. The average molecular weight is 297 g/mol. The lowest BCUT2D eigenvalue weighted by atomic mass is 10.1. The van der Waals surface area contributed by atoms with Gasteiger partial charge in [0.15, 0.2) is 0 Å². The van der Waals surface area contributed by atoms with Crippen molar-refractivity contribution < 1.29 is 8.42 Å². The maximum absolute atomic E-state index is 12.5. The van der Waals surface area contributed by atoms with Crippen LogP contribution >= 0.6 is 0 Å². The smallest absolute Gasteiger partial charge is 0.242 e. The molecule has 0 aromatic heterocycles. The van der Waals surface area contributed by atoms with Crippen molar-refractivity contribution in [2.75, 3.05) is 32.0 Å². The van der Waals surface area contributed by atoms with E-state index in [2.05, 4.69) is 21.9 Å². The molecule has 1 unspecified atom stereocenters. The fourth-order valence-corrected chi connectivity index (χ4v) is 4.10. The van der Waals surface area contributed by atoms with E-state index >= 15 is 0 Å². The van der Waals surface area contributed by atoms with Gasteiger partial charge in [0, 0.05) is 19.6 Å². The number of anilines is 1. The van der Waals surface area contributed by atoms with Crippen LogP contribution in [0, 0.1) is 0 Å². The first-order valence-corrected chi connectivity index (χ1v) is 8.56. The Morgan fingerprint density at radius 3 is 2.80 bits per heavy atom. The topological polar surface area (TPSA) is 61.4 Å². The highest BCUT2D eigenvalue weighted by Crippen LogP contribution is 2.21. The van der Waals surface area contributed by atoms with Gasteiger partial charge in [-0.05, 0) is 38.1 Å². The summed E-state index contributed by atoms with van der Waals surface area (Å²) in [5.41, 5.74) is 0.628. The van der Waals surface area contributed by atoms with Crippen molar-refractivity contribution in [3.63, 3.8) is 0 Å². The van der Waals surface area contributed by atoms with E-state index in [-0.39, 0.29) is 6.04 Å². The number of likely N-dealkylation sites (N-methyl/N-ethyl adjacent to an activating group) is 1. The highest BCUT2D eigenvalue weighted by atomic mass is 32.2. The molecule has 5 nitrogen and oxygen atoms in total. The van der Waals surface area contributed by atoms with Gasteiger partial charge in [-0.25, -0.2) is 13.1 Å². The Morgan fingerprint density at radius 1 is 1.35 bits per heavy atom. The molecule has 2 rings (SSSR count). The SMILES string of the molecule is CCN1CCCC(NS(=O)(=O)c2ccccc2NC)C1. The summed E-state index contributed by atoms with van der Waals surface area (Å²) >= 11 is 0. The molecular formula is C14H23N3O2S. The first-order valence-electron chi connectivity index (χ1n) is 7.08. The summed E-state index contributed by atoms with van der Waals surface area (Å²) in [7, 11) is -1.74. The van der Waals surface area contributed by atoms with Gasteiger partial charge in [0.05, 0.1) is 5.69 Å². The molecule has 1 fully saturated rings. The van der Waals surface area contributed by atoms with Gasteiger partial charge >= 0.3 is 0 Å². The summed E-state index contributed by atoms with van der Waals surface area (Å²) in [6.45, 7) is 4.91. The molecule has 1 aliphatic heterocycles. The number of nitrogens with one attached hydrogen (secondary N) is 2. The van der Waals surface area contributed by atoms with Gasteiger partial charge in [-0.1, -0.05) is 19.1 Å². The molecule has 0 radical (unpaired) electrons. The Bertz CT molecular complexity index is 545. The minimum atomic E-state index is -3.47. The number of hydrogen-bond donors (Lipinski definition) is 2. The number of nitrogens with zero attached hydrogens (tertiary/aromatic N) is 1. The number of piperidine rings is 1. The molecule has 0 saturated carbocycles. The number of rotatable bonds is 5. The zero-order valence-corrected chi connectivity index (χ0v) is 12.9. The second-order valence-corrected chi connectivity index (χ2v) is 6.78. The largest absolute Gasteiger partial charge is 0.387 e.